The second-order valence-electron chi connectivity index (χ2n) is 5.76. The Bertz CT molecular complexity index is 505. The molecule has 102 valence electrons. The molecule has 0 heterocycles. The van der Waals surface area contributed by atoms with Gasteiger partial charge < -0.3 is 10.5 Å². The highest BCUT2D eigenvalue weighted by molar-refractivity contribution is 7.80. The number of hydrogen-bond donors (Lipinski definition) is 1. The van der Waals surface area contributed by atoms with Crippen molar-refractivity contribution in [1.29, 1.82) is 0 Å². The van der Waals surface area contributed by atoms with Crippen LogP contribution < -0.4 is 10.5 Å². The van der Waals surface area contributed by atoms with Crippen molar-refractivity contribution in [2.45, 2.75) is 25.7 Å². The molecule has 1 aromatic carbocycles. The highest BCUT2D eigenvalue weighted by atomic mass is 32.1. The molecular formula is C15H18FNOS. The summed E-state index contributed by atoms with van der Waals surface area (Å²) in [5, 5.41) is 0. The molecule has 0 radical (unpaired) electrons. The molecule has 19 heavy (non-hydrogen) atoms. The SMILES string of the molecule is NC(=S)c1ccc(OCC2CC3CCC2C3)c(F)c1. The summed E-state index contributed by atoms with van der Waals surface area (Å²) in [6.45, 7) is 0.629. The normalized spacial score (nSPS) is 28.6. The van der Waals surface area contributed by atoms with E-state index >= 15 is 0 Å². The lowest BCUT2D eigenvalue weighted by Crippen LogP contribution is -2.19. The van der Waals surface area contributed by atoms with Crippen molar-refractivity contribution in [3.8, 4) is 5.75 Å². The Labute approximate surface area is 118 Å². The predicted molar refractivity (Wildman–Crippen MR) is 76.7 cm³/mol. The maximum atomic E-state index is 13.8. The minimum atomic E-state index is -0.381. The van der Waals surface area contributed by atoms with Gasteiger partial charge in [-0.2, -0.15) is 0 Å². The Kier molecular flexibility index (Phi) is 3.44. The highest BCUT2D eigenvalue weighted by Crippen LogP contribution is 2.48. The maximum absolute atomic E-state index is 13.8. The number of nitrogens with two attached hydrogens (primary N) is 1. The van der Waals surface area contributed by atoms with Gasteiger partial charge in [0.05, 0.1) is 6.61 Å². The molecule has 2 bridgehead atoms. The molecule has 3 atom stereocenters. The lowest BCUT2D eigenvalue weighted by molar-refractivity contribution is 0.189. The number of thiocarbonyl (C=S) groups is 1. The van der Waals surface area contributed by atoms with Gasteiger partial charge in [-0.05, 0) is 55.2 Å². The first-order chi connectivity index (χ1) is 9.13. The van der Waals surface area contributed by atoms with Crippen molar-refractivity contribution in [2.24, 2.45) is 23.5 Å². The summed E-state index contributed by atoms with van der Waals surface area (Å²) in [7, 11) is 0. The molecule has 2 fully saturated rings. The quantitative estimate of drug-likeness (QED) is 0.859. The summed E-state index contributed by atoms with van der Waals surface area (Å²) in [6.07, 6.45) is 5.29. The molecule has 0 amide bonds. The van der Waals surface area contributed by atoms with E-state index in [1.165, 1.54) is 31.7 Å². The van der Waals surface area contributed by atoms with Crippen molar-refractivity contribution in [3.63, 3.8) is 0 Å². The Balaban J connectivity index is 1.62. The molecule has 3 unspecified atom stereocenters. The van der Waals surface area contributed by atoms with E-state index in [1.54, 1.807) is 12.1 Å². The molecular weight excluding hydrogens is 261 g/mol. The highest BCUT2D eigenvalue weighted by Gasteiger charge is 2.39. The van der Waals surface area contributed by atoms with E-state index in [-0.39, 0.29) is 10.8 Å². The fraction of sp³-hybridized carbons (Fsp3) is 0.533. The molecule has 0 aromatic heterocycles. The van der Waals surface area contributed by atoms with Crippen molar-refractivity contribution in [2.75, 3.05) is 6.61 Å². The van der Waals surface area contributed by atoms with Crippen LogP contribution in [-0.4, -0.2) is 11.6 Å². The Morgan fingerprint density at radius 1 is 1.37 bits per heavy atom. The minimum absolute atomic E-state index is 0.207. The molecule has 0 spiro atoms. The standard InChI is InChI=1S/C15H18FNOS/c16-13-7-11(15(17)19)3-4-14(13)18-8-12-6-9-1-2-10(12)5-9/h3-4,7,9-10,12H,1-2,5-6,8H2,(H2,17,19). The summed E-state index contributed by atoms with van der Waals surface area (Å²) in [5.41, 5.74) is 6.01. The minimum Gasteiger partial charge on any atom is -0.490 e. The Morgan fingerprint density at radius 3 is 2.79 bits per heavy atom. The zero-order valence-electron chi connectivity index (χ0n) is 10.8. The molecule has 2 nitrogen and oxygen atoms in total. The van der Waals surface area contributed by atoms with Crippen LogP contribution in [0.1, 0.15) is 31.2 Å². The number of halogens is 1. The molecule has 3 rings (SSSR count). The summed E-state index contributed by atoms with van der Waals surface area (Å²) >= 11 is 4.82. The van der Waals surface area contributed by atoms with Crippen LogP contribution >= 0.6 is 12.2 Å². The summed E-state index contributed by atoms with van der Waals surface area (Å²) in [5.74, 6) is 2.22. The number of ether oxygens (including phenoxy) is 1. The summed E-state index contributed by atoms with van der Waals surface area (Å²) in [6, 6.07) is 4.68. The zero-order chi connectivity index (χ0) is 13.4. The first kappa shape index (κ1) is 12.9. The molecule has 2 saturated carbocycles. The van der Waals surface area contributed by atoms with E-state index in [0.29, 0.717) is 23.8 Å². The number of fused-ring (bicyclic) bond motifs is 2. The fourth-order valence-corrected chi connectivity index (χ4v) is 3.68. The van der Waals surface area contributed by atoms with E-state index in [1.807, 2.05) is 0 Å². The first-order valence-corrected chi connectivity index (χ1v) is 7.26. The van der Waals surface area contributed by atoms with Gasteiger partial charge in [-0.3, -0.25) is 0 Å². The second kappa shape index (κ2) is 5.08. The van der Waals surface area contributed by atoms with Gasteiger partial charge in [-0.15, -0.1) is 0 Å². The third kappa shape index (κ3) is 2.59. The topological polar surface area (TPSA) is 35.2 Å². The van der Waals surface area contributed by atoms with Crippen molar-refractivity contribution >= 4 is 17.2 Å². The van der Waals surface area contributed by atoms with Crippen LogP contribution in [0.4, 0.5) is 4.39 Å². The lowest BCUT2D eigenvalue weighted by atomic mass is 9.89. The van der Waals surface area contributed by atoms with Crippen LogP contribution in [0.5, 0.6) is 5.75 Å². The molecule has 2 N–H and O–H groups in total. The molecule has 1 aromatic rings. The van der Waals surface area contributed by atoms with E-state index in [9.17, 15) is 4.39 Å². The largest absolute Gasteiger partial charge is 0.490 e. The third-order valence-corrected chi connectivity index (χ3v) is 4.79. The summed E-state index contributed by atoms with van der Waals surface area (Å²) in [4.78, 5) is 0.207. The molecule has 0 aliphatic heterocycles. The van der Waals surface area contributed by atoms with Gasteiger partial charge in [0.2, 0.25) is 0 Å². The number of benzene rings is 1. The molecule has 2 aliphatic rings. The van der Waals surface area contributed by atoms with Gasteiger partial charge in [0.1, 0.15) is 4.99 Å². The zero-order valence-corrected chi connectivity index (χ0v) is 11.6. The average Bonchev–Trinajstić information content (AvgIpc) is 2.99. The van der Waals surface area contributed by atoms with E-state index in [4.69, 9.17) is 22.7 Å². The van der Waals surface area contributed by atoms with Crippen molar-refractivity contribution in [3.05, 3.63) is 29.6 Å². The fourth-order valence-electron chi connectivity index (χ4n) is 3.55. The Morgan fingerprint density at radius 2 is 2.21 bits per heavy atom. The average molecular weight is 279 g/mol. The maximum Gasteiger partial charge on any atom is 0.165 e. The predicted octanol–water partition coefficient (Wildman–Crippen LogP) is 3.27. The Hall–Kier alpha value is -1.16. The van der Waals surface area contributed by atoms with Gasteiger partial charge in [-0.1, -0.05) is 18.6 Å². The van der Waals surface area contributed by atoms with Crippen molar-refractivity contribution < 1.29 is 9.13 Å². The first-order valence-electron chi connectivity index (χ1n) is 6.85. The smallest absolute Gasteiger partial charge is 0.165 e. The molecule has 4 heteroatoms. The van der Waals surface area contributed by atoms with Crippen LogP contribution in [0.15, 0.2) is 18.2 Å². The van der Waals surface area contributed by atoms with Crippen LogP contribution in [0, 0.1) is 23.6 Å². The second-order valence-corrected chi connectivity index (χ2v) is 6.20. The van der Waals surface area contributed by atoms with Gasteiger partial charge >= 0.3 is 0 Å². The third-order valence-electron chi connectivity index (χ3n) is 4.55. The van der Waals surface area contributed by atoms with Gasteiger partial charge in [-0.25, -0.2) is 4.39 Å². The lowest BCUT2D eigenvalue weighted by Gasteiger charge is -2.21. The number of hydrogen-bond acceptors (Lipinski definition) is 2. The van der Waals surface area contributed by atoms with Crippen LogP contribution in [-0.2, 0) is 0 Å². The summed E-state index contributed by atoms with van der Waals surface area (Å²) < 4.78 is 19.5. The van der Waals surface area contributed by atoms with Crippen LogP contribution in [0.3, 0.4) is 0 Å². The molecule has 0 saturated heterocycles. The van der Waals surface area contributed by atoms with E-state index in [2.05, 4.69) is 0 Å². The molecule has 2 aliphatic carbocycles. The van der Waals surface area contributed by atoms with Crippen LogP contribution in [0.2, 0.25) is 0 Å². The van der Waals surface area contributed by atoms with Gasteiger partial charge in [0.25, 0.3) is 0 Å². The monoisotopic (exact) mass is 279 g/mol. The van der Waals surface area contributed by atoms with Gasteiger partial charge in [0.15, 0.2) is 11.6 Å². The number of rotatable bonds is 4. The van der Waals surface area contributed by atoms with E-state index < -0.39 is 0 Å². The van der Waals surface area contributed by atoms with Crippen molar-refractivity contribution in [1.82, 2.24) is 0 Å². The van der Waals surface area contributed by atoms with E-state index in [0.717, 1.165) is 11.8 Å². The van der Waals surface area contributed by atoms with Gasteiger partial charge in [0, 0.05) is 5.56 Å². The van der Waals surface area contributed by atoms with Crippen LogP contribution in [0.25, 0.3) is 0 Å².